The molecule has 1 atom stereocenters. The lowest BCUT2D eigenvalue weighted by Gasteiger charge is -2.39. The van der Waals surface area contributed by atoms with E-state index in [0.29, 0.717) is 28.5 Å². The van der Waals surface area contributed by atoms with Gasteiger partial charge in [-0.25, -0.2) is 0 Å². The minimum absolute atomic E-state index is 0.101. The van der Waals surface area contributed by atoms with Gasteiger partial charge in [-0.05, 0) is 120 Å². The van der Waals surface area contributed by atoms with Crippen molar-refractivity contribution in [2.45, 2.75) is 88.0 Å². The summed E-state index contributed by atoms with van der Waals surface area (Å²) in [5.41, 5.74) is 6.87. The van der Waals surface area contributed by atoms with Gasteiger partial charge in [0.25, 0.3) is 11.8 Å². The fraction of sp³-hybridized carbons (Fsp3) is 0.467. The van der Waals surface area contributed by atoms with E-state index in [1.54, 1.807) is 12.1 Å². The number of aliphatic imine (C=N–C) groups is 1. The molecular weight excluding hydrogens is 784 g/mol. The number of halogens is 1. The molecule has 2 saturated heterocycles. The average molecular weight is 834 g/mol. The molecule has 0 aromatic heterocycles. The molecule has 4 aliphatic heterocycles. The Morgan fingerprint density at radius 1 is 0.842 bits per heavy atom. The van der Waals surface area contributed by atoms with Crippen LogP contribution in [0.4, 0.5) is 17.1 Å². The van der Waals surface area contributed by atoms with Gasteiger partial charge in [-0.3, -0.25) is 49.0 Å². The van der Waals surface area contributed by atoms with E-state index in [1.807, 2.05) is 25.2 Å². The lowest BCUT2D eigenvalue weighted by Crippen LogP contribution is -2.54. The number of hydrogen-bond acceptors (Lipinski definition) is 8. The van der Waals surface area contributed by atoms with Gasteiger partial charge in [0.15, 0.2) is 6.29 Å². The van der Waals surface area contributed by atoms with E-state index in [9.17, 15) is 24.0 Å². The minimum atomic E-state index is -0.964. The normalized spacial score (nSPS) is 25.6. The summed E-state index contributed by atoms with van der Waals surface area (Å²) in [6.45, 7) is 4.58. The van der Waals surface area contributed by atoms with E-state index in [2.05, 4.69) is 60.2 Å². The first-order valence-electron chi connectivity index (χ1n) is 20.7. The lowest BCUT2D eigenvalue weighted by molar-refractivity contribution is -0.136. The van der Waals surface area contributed by atoms with Gasteiger partial charge < -0.3 is 4.90 Å². The number of carbonyl (C=O) groups is 5. The second-order valence-corrected chi connectivity index (χ2v) is 17.6. The van der Waals surface area contributed by atoms with E-state index in [1.165, 1.54) is 48.9 Å². The quantitative estimate of drug-likeness (QED) is 0.197. The van der Waals surface area contributed by atoms with Crippen LogP contribution in [0.2, 0.25) is 0 Å². The number of fused-ring (bicyclic) bond motifs is 3. The zero-order chi connectivity index (χ0) is 39.4. The number of amidine groups is 1. The van der Waals surface area contributed by atoms with Crippen molar-refractivity contribution in [3.05, 3.63) is 86.9 Å². The minimum Gasteiger partial charge on any atom is -0.369 e. The van der Waals surface area contributed by atoms with E-state index in [-0.39, 0.29) is 24.2 Å². The van der Waals surface area contributed by atoms with Gasteiger partial charge in [-0.15, -0.1) is 0 Å². The van der Waals surface area contributed by atoms with Gasteiger partial charge in [0.05, 0.1) is 33.5 Å². The van der Waals surface area contributed by atoms with Crippen molar-refractivity contribution in [3.63, 3.8) is 0 Å². The van der Waals surface area contributed by atoms with Gasteiger partial charge in [0.1, 0.15) is 11.9 Å². The molecule has 3 aromatic rings. The topological polar surface area (TPSA) is 123 Å². The van der Waals surface area contributed by atoms with E-state index in [0.717, 1.165) is 91.3 Å². The summed E-state index contributed by atoms with van der Waals surface area (Å²) in [5, 5.41) is 2.26. The first-order chi connectivity index (χ1) is 27.7. The van der Waals surface area contributed by atoms with E-state index < -0.39 is 23.8 Å². The zero-order valence-electron chi connectivity index (χ0n) is 32.5. The van der Waals surface area contributed by atoms with Crippen molar-refractivity contribution in [2.24, 2.45) is 10.9 Å². The summed E-state index contributed by atoms with van der Waals surface area (Å²) < 4.78 is 0.796. The van der Waals surface area contributed by atoms with Gasteiger partial charge in [0, 0.05) is 56.4 Å². The second-order valence-electron chi connectivity index (χ2n) is 16.8. The molecule has 4 heterocycles. The number of nitrogens with one attached hydrogen (secondary N) is 1. The molecule has 6 aliphatic rings. The molecule has 0 bridgehead atoms. The molecule has 12 heteroatoms. The Morgan fingerprint density at radius 3 is 2.32 bits per heavy atom. The number of rotatable bonds is 7. The molecule has 2 saturated carbocycles. The number of piperidine rings is 1. The molecule has 1 spiro atoms. The van der Waals surface area contributed by atoms with Gasteiger partial charge in [-0.1, -0.05) is 37.5 Å². The highest BCUT2D eigenvalue weighted by Crippen LogP contribution is 2.54. The Hall–Kier alpha value is -4.68. The first-order valence-corrected chi connectivity index (χ1v) is 21.5. The van der Waals surface area contributed by atoms with Crippen molar-refractivity contribution >= 4 is 68.7 Å². The molecule has 57 heavy (non-hydrogen) atoms. The van der Waals surface area contributed by atoms with Crippen LogP contribution in [0.15, 0.2) is 64.1 Å². The van der Waals surface area contributed by atoms with Crippen LogP contribution in [0.1, 0.15) is 119 Å². The highest BCUT2D eigenvalue weighted by molar-refractivity contribution is 9.10. The third-order valence-corrected chi connectivity index (χ3v) is 14.4. The van der Waals surface area contributed by atoms with Crippen molar-refractivity contribution in [3.8, 4) is 0 Å². The molecule has 9 rings (SSSR count). The molecule has 0 radical (unpaired) electrons. The van der Waals surface area contributed by atoms with Crippen molar-refractivity contribution in [1.82, 2.24) is 15.1 Å². The lowest BCUT2D eigenvalue weighted by atomic mass is 9.69. The van der Waals surface area contributed by atoms with Crippen LogP contribution in [0.25, 0.3) is 0 Å². The number of aldehydes is 1. The Bertz CT molecular complexity index is 2180. The maximum Gasteiger partial charge on any atom is 0.262 e. The number of hydrogen-bond donors (Lipinski definition) is 1. The van der Waals surface area contributed by atoms with E-state index in [4.69, 9.17) is 4.99 Å². The summed E-state index contributed by atoms with van der Waals surface area (Å²) in [6, 6.07) is 17.6. The number of piperazine rings is 1. The standard InChI is InChI=1S/C45H49BrN6O5/c1-47-44-45(18-3-2-4-19-45)35-15-12-30(24-39(35)51(44)37-7-5-6-36(46)34(37)27-53)29-10-8-28(9-11-29)26-49-20-22-50(23-21-49)31-13-14-32-33(25-31)43(57)52(42(32)56)38-16-17-40(54)48-41(38)55/h5-7,12-15,24-25,27-29,38H,2-4,8-11,16-23,26H2,1H3,(H,48,54,55). The zero-order valence-corrected chi connectivity index (χ0v) is 34.1. The van der Waals surface area contributed by atoms with E-state index >= 15 is 0 Å². The number of carbonyl (C=O) groups excluding carboxylic acids is 5. The van der Waals surface area contributed by atoms with Crippen molar-refractivity contribution in [2.75, 3.05) is 49.6 Å². The first kappa shape index (κ1) is 37.9. The highest BCUT2D eigenvalue weighted by Gasteiger charge is 2.50. The van der Waals surface area contributed by atoms with Crippen LogP contribution in [0.3, 0.4) is 0 Å². The fourth-order valence-electron chi connectivity index (χ4n) is 10.8. The summed E-state index contributed by atoms with van der Waals surface area (Å²) in [7, 11) is 1.91. The molecule has 11 nitrogen and oxygen atoms in total. The fourth-order valence-corrected chi connectivity index (χ4v) is 11.2. The largest absolute Gasteiger partial charge is 0.369 e. The Labute approximate surface area is 342 Å². The van der Waals surface area contributed by atoms with Gasteiger partial charge in [0.2, 0.25) is 11.8 Å². The third-order valence-electron chi connectivity index (χ3n) is 13.7. The summed E-state index contributed by atoms with van der Waals surface area (Å²) in [5.74, 6) is 0.269. The molecule has 296 valence electrons. The Balaban J connectivity index is 0.839. The Morgan fingerprint density at radius 2 is 1.60 bits per heavy atom. The van der Waals surface area contributed by atoms with Crippen molar-refractivity contribution in [1.29, 1.82) is 0 Å². The van der Waals surface area contributed by atoms with Crippen LogP contribution >= 0.6 is 15.9 Å². The Kier molecular flexibility index (Phi) is 10.1. The summed E-state index contributed by atoms with van der Waals surface area (Å²) in [4.78, 5) is 76.3. The number of amides is 4. The predicted octanol–water partition coefficient (Wildman–Crippen LogP) is 7.14. The molecule has 2 aliphatic carbocycles. The average Bonchev–Trinajstić information content (AvgIpc) is 3.63. The maximum atomic E-state index is 13.4. The number of imide groups is 2. The molecule has 1 N–H and O–H groups in total. The number of anilines is 3. The van der Waals surface area contributed by atoms with Crippen molar-refractivity contribution < 1.29 is 24.0 Å². The van der Waals surface area contributed by atoms with Gasteiger partial charge >= 0.3 is 0 Å². The van der Waals surface area contributed by atoms with Crippen LogP contribution in [0.5, 0.6) is 0 Å². The predicted molar refractivity (Wildman–Crippen MR) is 223 cm³/mol. The molecule has 4 amide bonds. The monoisotopic (exact) mass is 832 g/mol. The smallest absolute Gasteiger partial charge is 0.262 e. The second kappa shape index (κ2) is 15.2. The van der Waals surface area contributed by atoms with Crippen LogP contribution in [-0.4, -0.2) is 91.4 Å². The molecule has 3 aromatic carbocycles. The summed E-state index contributed by atoms with van der Waals surface area (Å²) in [6.07, 6.45) is 11.6. The highest BCUT2D eigenvalue weighted by atomic mass is 79.9. The molecule has 1 unspecified atom stereocenters. The summed E-state index contributed by atoms with van der Waals surface area (Å²) >= 11 is 3.64. The molecule has 4 fully saturated rings. The molecular formula is C45H49BrN6O5. The maximum absolute atomic E-state index is 13.4. The van der Waals surface area contributed by atoms with Crippen LogP contribution in [-0.2, 0) is 15.0 Å². The number of benzene rings is 3. The van der Waals surface area contributed by atoms with Crippen LogP contribution < -0.4 is 15.1 Å². The third kappa shape index (κ3) is 6.52. The van der Waals surface area contributed by atoms with Crippen LogP contribution in [0, 0.1) is 5.92 Å². The van der Waals surface area contributed by atoms with Gasteiger partial charge in [-0.2, -0.15) is 0 Å². The number of nitrogens with zero attached hydrogens (tertiary/aromatic N) is 5. The SMILES string of the molecule is CN=C1N(c2cccc(Br)c2C=O)c2cc(C3CCC(CN4CCN(c5ccc6c(c5)C(=O)N(C5CCC(=O)NC5=O)C6=O)CC4)CC3)ccc2C12CCCCC2.